The molecule has 1 N–H and O–H groups in total. The Morgan fingerprint density at radius 3 is 2.54 bits per heavy atom. The van der Waals surface area contributed by atoms with Gasteiger partial charge >= 0.3 is 0 Å². The third-order valence-electron chi connectivity index (χ3n) is 5.82. The normalized spacial score (nSPS) is 22.4. The second-order valence-electron chi connectivity index (χ2n) is 8.52. The molecule has 0 radical (unpaired) electrons. The number of likely N-dealkylation sites (N-methyl/N-ethyl adjacent to an activating group) is 1. The van der Waals surface area contributed by atoms with Crippen LogP contribution in [0.1, 0.15) is 25.7 Å². The third-order valence-corrected chi connectivity index (χ3v) is 5.82. The van der Waals surface area contributed by atoms with Gasteiger partial charge in [0.1, 0.15) is 24.1 Å². The van der Waals surface area contributed by atoms with Crippen LogP contribution in [-0.4, -0.2) is 62.4 Å². The second kappa shape index (κ2) is 7.66. The highest BCUT2D eigenvalue weighted by molar-refractivity contribution is 5.33. The molecule has 2 aliphatic heterocycles. The van der Waals surface area contributed by atoms with Gasteiger partial charge in [0, 0.05) is 38.0 Å². The van der Waals surface area contributed by atoms with E-state index in [1.54, 1.807) is 12.1 Å². The first-order valence-corrected chi connectivity index (χ1v) is 10.2. The number of rotatable bonds is 6. The van der Waals surface area contributed by atoms with Gasteiger partial charge in [0.05, 0.1) is 21.2 Å². The van der Waals surface area contributed by atoms with Gasteiger partial charge in [0.15, 0.2) is 11.6 Å². The quantitative estimate of drug-likeness (QED) is 0.759. The smallest absolute Gasteiger partial charge is 0.225 e. The Morgan fingerprint density at radius 1 is 1.14 bits per heavy atom. The van der Waals surface area contributed by atoms with Gasteiger partial charge in [-0.05, 0) is 37.1 Å². The second-order valence-corrected chi connectivity index (χ2v) is 8.52. The van der Waals surface area contributed by atoms with Crippen molar-refractivity contribution in [3.05, 3.63) is 47.7 Å². The van der Waals surface area contributed by atoms with Gasteiger partial charge in [-0.25, -0.2) is 4.39 Å². The van der Waals surface area contributed by atoms with E-state index in [1.165, 1.54) is 37.5 Å². The maximum Gasteiger partial charge on any atom is 0.225 e. The SMILES string of the molecule is COc1ccc(OC2CCN(C3=C(NC4CC4)[N+](C)(C)CC=C3)CC2)c(F)c1. The van der Waals surface area contributed by atoms with E-state index in [4.69, 9.17) is 9.47 Å². The molecule has 3 aliphatic rings. The Morgan fingerprint density at radius 2 is 1.89 bits per heavy atom. The molecule has 28 heavy (non-hydrogen) atoms. The number of halogens is 1. The molecule has 0 aromatic heterocycles. The van der Waals surface area contributed by atoms with Crippen LogP contribution in [0.2, 0.25) is 0 Å². The minimum absolute atomic E-state index is 0.0367. The van der Waals surface area contributed by atoms with E-state index >= 15 is 0 Å². The fourth-order valence-corrected chi connectivity index (χ4v) is 3.93. The van der Waals surface area contributed by atoms with Crippen LogP contribution in [0.15, 0.2) is 41.9 Å². The molecule has 6 heteroatoms. The maximum absolute atomic E-state index is 14.2. The number of allylic oxidation sites excluding steroid dienone is 1. The number of methoxy groups -OCH3 is 1. The molecule has 0 amide bonds. The Bertz CT molecular complexity index is 778. The molecule has 152 valence electrons. The lowest BCUT2D eigenvalue weighted by Gasteiger charge is -2.40. The van der Waals surface area contributed by atoms with Crippen LogP contribution in [0.3, 0.4) is 0 Å². The Hall–Kier alpha value is -2.21. The van der Waals surface area contributed by atoms with Crippen LogP contribution in [0.4, 0.5) is 4.39 Å². The van der Waals surface area contributed by atoms with Crippen LogP contribution in [0, 0.1) is 5.82 Å². The number of ether oxygens (including phenoxy) is 2. The zero-order chi connectivity index (χ0) is 19.7. The van der Waals surface area contributed by atoms with Crippen molar-refractivity contribution in [1.82, 2.24) is 10.2 Å². The van der Waals surface area contributed by atoms with Crippen molar-refractivity contribution >= 4 is 0 Å². The molecule has 0 atom stereocenters. The van der Waals surface area contributed by atoms with Crippen molar-refractivity contribution in [2.24, 2.45) is 0 Å². The molecule has 0 bridgehead atoms. The lowest BCUT2D eigenvalue weighted by atomic mass is 10.1. The molecule has 0 spiro atoms. The predicted molar refractivity (Wildman–Crippen MR) is 107 cm³/mol. The van der Waals surface area contributed by atoms with Gasteiger partial charge < -0.3 is 19.7 Å². The highest BCUT2D eigenvalue weighted by atomic mass is 19.1. The fraction of sp³-hybridized carbons (Fsp3) is 0.545. The molecular weight excluding hydrogens is 357 g/mol. The summed E-state index contributed by atoms with van der Waals surface area (Å²) >= 11 is 0. The summed E-state index contributed by atoms with van der Waals surface area (Å²) in [6, 6.07) is 5.40. The van der Waals surface area contributed by atoms with Crippen LogP contribution in [-0.2, 0) is 0 Å². The van der Waals surface area contributed by atoms with Crippen LogP contribution < -0.4 is 14.8 Å². The van der Waals surface area contributed by atoms with Gasteiger partial charge in [-0.1, -0.05) is 0 Å². The summed E-state index contributed by atoms with van der Waals surface area (Å²) in [5.41, 5.74) is 1.30. The molecule has 0 unspecified atom stereocenters. The molecule has 1 saturated heterocycles. The Labute approximate surface area is 167 Å². The van der Waals surface area contributed by atoms with Gasteiger partial charge in [-0.2, -0.15) is 0 Å². The number of likely N-dealkylation sites (tertiary alicyclic amines) is 1. The number of piperidine rings is 1. The van der Waals surface area contributed by atoms with Gasteiger partial charge in [-0.3, -0.25) is 4.48 Å². The van der Waals surface area contributed by atoms with Crippen LogP contribution in [0.25, 0.3) is 0 Å². The lowest BCUT2D eigenvalue weighted by Crippen LogP contribution is -2.50. The average molecular weight is 389 g/mol. The van der Waals surface area contributed by atoms with Gasteiger partial charge in [0.25, 0.3) is 0 Å². The van der Waals surface area contributed by atoms with Crippen molar-refractivity contribution < 1.29 is 18.3 Å². The van der Waals surface area contributed by atoms with Crippen LogP contribution >= 0.6 is 0 Å². The highest BCUT2D eigenvalue weighted by Crippen LogP contribution is 2.31. The summed E-state index contributed by atoms with van der Waals surface area (Å²) in [7, 11) is 6.05. The molecule has 1 aromatic carbocycles. The van der Waals surface area contributed by atoms with E-state index in [2.05, 4.69) is 36.5 Å². The zero-order valence-electron chi connectivity index (χ0n) is 17.1. The van der Waals surface area contributed by atoms with E-state index in [0.717, 1.165) is 37.0 Å². The monoisotopic (exact) mass is 388 g/mol. The summed E-state index contributed by atoms with van der Waals surface area (Å²) in [4.78, 5) is 2.45. The van der Waals surface area contributed by atoms with E-state index in [9.17, 15) is 4.39 Å². The first-order valence-electron chi connectivity index (χ1n) is 10.2. The number of quaternary nitrogens is 1. The molecule has 1 aromatic rings. The lowest BCUT2D eigenvalue weighted by molar-refractivity contribution is -0.851. The zero-order valence-corrected chi connectivity index (χ0v) is 17.1. The standard InChI is InChI=1S/C22H31FN3O2/c1-26(2)14-4-5-20(22(26)24-16-6-7-16)25-12-10-17(11-13-25)28-21-9-8-18(27-3)15-19(21)23/h4-5,8-9,15-17,24H,6-7,10-14H2,1-3H3/q+1. The first kappa shape index (κ1) is 19.1. The number of hydrogen-bond acceptors (Lipinski definition) is 4. The highest BCUT2D eigenvalue weighted by Gasteiger charge is 2.35. The van der Waals surface area contributed by atoms with E-state index < -0.39 is 0 Å². The summed E-state index contributed by atoms with van der Waals surface area (Å²) in [5, 5.41) is 3.77. The largest absolute Gasteiger partial charge is 0.497 e. The van der Waals surface area contributed by atoms with Crippen molar-refractivity contribution in [1.29, 1.82) is 0 Å². The van der Waals surface area contributed by atoms with E-state index in [0.29, 0.717) is 17.5 Å². The number of benzene rings is 1. The third kappa shape index (κ3) is 4.12. The molecule has 5 nitrogen and oxygen atoms in total. The predicted octanol–water partition coefficient (Wildman–Crippen LogP) is 3.24. The molecular formula is C22H31FN3O2+. The van der Waals surface area contributed by atoms with Crippen molar-refractivity contribution in [2.45, 2.75) is 37.8 Å². The first-order chi connectivity index (χ1) is 13.5. The van der Waals surface area contributed by atoms with E-state index in [1.807, 2.05) is 0 Å². The summed E-state index contributed by atoms with van der Waals surface area (Å²) < 4.78 is 26.0. The van der Waals surface area contributed by atoms with Gasteiger partial charge in [-0.15, -0.1) is 0 Å². The maximum atomic E-state index is 14.2. The summed E-state index contributed by atoms with van der Waals surface area (Å²) in [6.07, 6.45) is 8.86. The summed E-state index contributed by atoms with van der Waals surface area (Å²) in [5.74, 6) is 1.78. The van der Waals surface area contributed by atoms with Gasteiger partial charge in [0.2, 0.25) is 5.82 Å². The fourth-order valence-electron chi connectivity index (χ4n) is 3.93. The molecule has 4 rings (SSSR count). The van der Waals surface area contributed by atoms with Crippen LogP contribution in [0.5, 0.6) is 11.5 Å². The Balaban J connectivity index is 1.42. The summed E-state index contributed by atoms with van der Waals surface area (Å²) in [6.45, 7) is 2.84. The number of nitrogens with one attached hydrogen (secondary N) is 1. The minimum atomic E-state index is -0.366. The Kier molecular flexibility index (Phi) is 5.23. The molecule has 2 fully saturated rings. The average Bonchev–Trinajstić information content (AvgIpc) is 3.50. The van der Waals surface area contributed by atoms with Crippen molar-refractivity contribution in [3.63, 3.8) is 0 Å². The minimum Gasteiger partial charge on any atom is -0.497 e. The molecule has 2 heterocycles. The van der Waals surface area contributed by atoms with Crippen molar-refractivity contribution in [3.8, 4) is 11.5 Å². The molecule has 1 saturated carbocycles. The topological polar surface area (TPSA) is 33.7 Å². The van der Waals surface area contributed by atoms with Crippen molar-refractivity contribution in [2.75, 3.05) is 40.8 Å². The van der Waals surface area contributed by atoms with E-state index in [-0.39, 0.29) is 11.9 Å². The number of nitrogens with zero attached hydrogens (tertiary/aromatic N) is 2. The number of hydrogen-bond donors (Lipinski definition) is 1. The molecule has 1 aliphatic carbocycles.